The minimum atomic E-state index is -2.17. The van der Waals surface area contributed by atoms with Crippen LogP contribution in [-0.4, -0.2) is 17.4 Å². The molecule has 0 spiro atoms. The maximum atomic E-state index is 13.6. The van der Waals surface area contributed by atoms with E-state index in [1.807, 2.05) is 6.92 Å². The fourth-order valence-corrected chi connectivity index (χ4v) is 3.80. The summed E-state index contributed by atoms with van der Waals surface area (Å²) in [6.45, 7) is 1.86. The molecule has 3 aromatic rings. The molecule has 0 saturated carbocycles. The van der Waals surface area contributed by atoms with Crippen LogP contribution >= 0.6 is 0 Å². The van der Waals surface area contributed by atoms with Gasteiger partial charge in [0, 0.05) is 5.92 Å². The standard InChI is InChI=1S/C22H20BF3O3/c1-2-21(15-3-9-18(24)10-4-15)22(29-23(27)28,16-5-11-19(25)12-6-16)17-7-13-20(26)14-8-17/h3-14,21,27-28H,2H2,1H3. The number of halogens is 3. The fourth-order valence-electron chi connectivity index (χ4n) is 3.80. The van der Waals surface area contributed by atoms with Gasteiger partial charge < -0.3 is 14.7 Å². The molecule has 150 valence electrons. The van der Waals surface area contributed by atoms with E-state index in [4.69, 9.17) is 4.65 Å². The quantitative estimate of drug-likeness (QED) is 0.574. The van der Waals surface area contributed by atoms with Crippen LogP contribution in [0.1, 0.15) is 36.0 Å². The minimum absolute atomic E-state index is 0.416. The molecule has 1 atom stereocenters. The second-order valence-corrected chi connectivity index (χ2v) is 6.71. The van der Waals surface area contributed by atoms with E-state index >= 15 is 0 Å². The Morgan fingerprint density at radius 1 is 0.759 bits per heavy atom. The fraction of sp³-hybridized carbons (Fsp3) is 0.182. The molecule has 0 radical (unpaired) electrons. The summed E-state index contributed by atoms with van der Waals surface area (Å²) >= 11 is 0. The van der Waals surface area contributed by atoms with Crippen molar-refractivity contribution in [1.82, 2.24) is 0 Å². The van der Waals surface area contributed by atoms with Gasteiger partial charge in [-0.1, -0.05) is 43.3 Å². The summed E-state index contributed by atoms with van der Waals surface area (Å²) in [5, 5.41) is 19.6. The van der Waals surface area contributed by atoms with E-state index in [2.05, 4.69) is 0 Å². The predicted molar refractivity (Wildman–Crippen MR) is 104 cm³/mol. The third-order valence-corrected chi connectivity index (χ3v) is 5.01. The van der Waals surface area contributed by atoms with Crippen LogP contribution in [0.5, 0.6) is 0 Å². The zero-order valence-corrected chi connectivity index (χ0v) is 15.7. The van der Waals surface area contributed by atoms with Crippen LogP contribution in [0.4, 0.5) is 13.2 Å². The van der Waals surface area contributed by atoms with Crippen molar-refractivity contribution in [2.45, 2.75) is 24.9 Å². The van der Waals surface area contributed by atoms with Crippen LogP contribution in [0, 0.1) is 17.5 Å². The molecule has 0 amide bonds. The van der Waals surface area contributed by atoms with Gasteiger partial charge in [0.05, 0.1) is 0 Å². The topological polar surface area (TPSA) is 49.7 Å². The lowest BCUT2D eigenvalue weighted by atomic mass is 9.71. The van der Waals surface area contributed by atoms with Gasteiger partial charge in [-0.15, -0.1) is 0 Å². The molecular weight excluding hydrogens is 380 g/mol. The van der Waals surface area contributed by atoms with Crippen LogP contribution in [0.3, 0.4) is 0 Å². The van der Waals surface area contributed by atoms with Crippen molar-refractivity contribution in [3.05, 3.63) is 107 Å². The summed E-state index contributed by atoms with van der Waals surface area (Å²) < 4.78 is 46.4. The number of hydrogen-bond donors (Lipinski definition) is 2. The second kappa shape index (κ2) is 8.82. The second-order valence-electron chi connectivity index (χ2n) is 6.71. The molecule has 0 fully saturated rings. The maximum absolute atomic E-state index is 13.6. The van der Waals surface area contributed by atoms with Gasteiger partial charge in [0.25, 0.3) is 0 Å². The summed E-state index contributed by atoms with van der Waals surface area (Å²) in [4.78, 5) is 0. The lowest BCUT2D eigenvalue weighted by molar-refractivity contribution is 0.0241. The highest BCUT2D eigenvalue weighted by Crippen LogP contribution is 2.47. The molecule has 1 unspecified atom stereocenters. The number of hydrogen-bond acceptors (Lipinski definition) is 3. The van der Waals surface area contributed by atoms with Crippen molar-refractivity contribution < 1.29 is 27.9 Å². The zero-order chi connectivity index (χ0) is 21.0. The lowest BCUT2D eigenvalue weighted by Crippen LogP contribution is -2.43. The summed E-state index contributed by atoms with van der Waals surface area (Å²) in [5.74, 6) is -1.89. The molecule has 3 rings (SSSR count). The van der Waals surface area contributed by atoms with E-state index < -0.39 is 36.3 Å². The van der Waals surface area contributed by atoms with Crippen molar-refractivity contribution >= 4 is 7.32 Å². The summed E-state index contributed by atoms with van der Waals surface area (Å²) in [6, 6.07) is 16.6. The van der Waals surface area contributed by atoms with Crippen LogP contribution in [0.15, 0.2) is 72.8 Å². The highest BCUT2D eigenvalue weighted by atomic mass is 19.1. The van der Waals surface area contributed by atoms with Gasteiger partial charge in [0.2, 0.25) is 0 Å². The van der Waals surface area contributed by atoms with Gasteiger partial charge in [-0.25, -0.2) is 13.2 Å². The third-order valence-electron chi connectivity index (χ3n) is 5.01. The Bertz CT molecular complexity index is 884. The molecular formula is C22H20BF3O3. The molecule has 0 aliphatic carbocycles. The summed E-state index contributed by atoms with van der Waals surface area (Å²) in [7, 11) is -2.17. The molecule has 0 aromatic heterocycles. The van der Waals surface area contributed by atoms with Crippen LogP contribution in [0.25, 0.3) is 0 Å². The molecule has 2 N–H and O–H groups in total. The minimum Gasteiger partial charge on any atom is -0.402 e. The Hall–Kier alpha value is -2.61. The maximum Gasteiger partial charge on any atom is 0.634 e. The molecule has 0 heterocycles. The molecule has 0 saturated heterocycles. The SMILES string of the molecule is CCC(c1ccc(F)cc1)C(OB(O)O)(c1ccc(F)cc1)c1ccc(F)cc1. The van der Waals surface area contributed by atoms with Crippen molar-refractivity contribution in [2.24, 2.45) is 0 Å². The zero-order valence-electron chi connectivity index (χ0n) is 15.7. The van der Waals surface area contributed by atoms with Crippen molar-refractivity contribution in [1.29, 1.82) is 0 Å². The first-order valence-corrected chi connectivity index (χ1v) is 9.18. The molecule has 0 aliphatic rings. The highest BCUT2D eigenvalue weighted by Gasteiger charge is 2.45. The Morgan fingerprint density at radius 2 is 1.14 bits per heavy atom. The molecule has 0 aliphatic heterocycles. The van der Waals surface area contributed by atoms with E-state index in [0.717, 1.165) is 0 Å². The van der Waals surface area contributed by atoms with Crippen molar-refractivity contribution in [3.63, 3.8) is 0 Å². The van der Waals surface area contributed by atoms with Crippen LogP contribution in [0.2, 0.25) is 0 Å². The molecule has 29 heavy (non-hydrogen) atoms. The molecule has 3 nitrogen and oxygen atoms in total. The Kier molecular flexibility index (Phi) is 6.42. The van der Waals surface area contributed by atoms with Gasteiger partial charge in [-0.2, -0.15) is 0 Å². The monoisotopic (exact) mass is 400 g/mol. The molecule has 3 aromatic carbocycles. The van der Waals surface area contributed by atoms with Crippen molar-refractivity contribution in [2.75, 3.05) is 0 Å². The highest BCUT2D eigenvalue weighted by molar-refractivity contribution is 6.32. The molecule has 7 heteroatoms. The smallest absolute Gasteiger partial charge is 0.402 e. The van der Waals surface area contributed by atoms with E-state index in [-0.39, 0.29) is 0 Å². The van der Waals surface area contributed by atoms with Gasteiger partial charge in [-0.3, -0.25) is 0 Å². The number of rotatable bonds is 7. The van der Waals surface area contributed by atoms with E-state index in [1.54, 1.807) is 12.1 Å². The lowest BCUT2D eigenvalue weighted by Gasteiger charge is -2.42. The largest absolute Gasteiger partial charge is 0.634 e. The Morgan fingerprint density at radius 3 is 1.48 bits per heavy atom. The first kappa shape index (κ1) is 21.1. The average molecular weight is 400 g/mol. The van der Waals surface area contributed by atoms with E-state index in [9.17, 15) is 23.2 Å². The van der Waals surface area contributed by atoms with Gasteiger partial charge in [0.15, 0.2) is 0 Å². The third kappa shape index (κ3) is 4.37. The first-order chi connectivity index (χ1) is 13.9. The molecule has 0 bridgehead atoms. The van der Waals surface area contributed by atoms with Crippen LogP contribution in [-0.2, 0) is 10.3 Å². The normalized spacial score (nSPS) is 12.6. The van der Waals surface area contributed by atoms with Crippen LogP contribution < -0.4 is 0 Å². The van der Waals surface area contributed by atoms with E-state index in [0.29, 0.717) is 23.1 Å². The van der Waals surface area contributed by atoms with E-state index in [1.165, 1.54) is 60.7 Å². The van der Waals surface area contributed by atoms with Crippen molar-refractivity contribution in [3.8, 4) is 0 Å². The average Bonchev–Trinajstić information content (AvgIpc) is 2.70. The predicted octanol–water partition coefficient (Wildman–Crippen LogP) is 4.53. The first-order valence-electron chi connectivity index (χ1n) is 9.18. The van der Waals surface area contributed by atoms with Gasteiger partial charge in [0.1, 0.15) is 23.1 Å². The summed E-state index contributed by atoms with van der Waals surface area (Å²) in [5.41, 5.74) is 0.0510. The van der Waals surface area contributed by atoms with Gasteiger partial charge >= 0.3 is 7.32 Å². The Labute approximate surface area is 167 Å². The number of benzene rings is 3. The van der Waals surface area contributed by atoms with Gasteiger partial charge in [-0.05, 0) is 59.5 Å². The summed E-state index contributed by atoms with van der Waals surface area (Å²) in [6.07, 6.45) is 0.451. The Balaban J connectivity index is 2.30.